The van der Waals surface area contributed by atoms with Crippen molar-refractivity contribution in [1.29, 1.82) is 0 Å². The Morgan fingerprint density at radius 1 is 1.41 bits per heavy atom. The first kappa shape index (κ1) is 10.9. The van der Waals surface area contributed by atoms with Crippen LogP contribution in [0, 0.1) is 0 Å². The molecule has 0 unspecified atom stereocenters. The molecule has 0 radical (unpaired) electrons. The van der Waals surface area contributed by atoms with Crippen LogP contribution in [0.2, 0.25) is 0 Å². The number of benzene rings is 1. The summed E-state index contributed by atoms with van der Waals surface area (Å²) in [6.45, 7) is 3.43. The van der Waals surface area contributed by atoms with Crippen molar-refractivity contribution in [1.82, 2.24) is 4.90 Å². The van der Waals surface area contributed by atoms with Crippen LogP contribution in [-0.4, -0.2) is 37.8 Å². The summed E-state index contributed by atoms with van der Waals surface area (Å²) in [6, 6.07) is 4.01. The maximum Gasteiger partial charge on any atom is 0.145 e. The van der Waals surface area contributed by atoms with Gasteiger partial charge in [0.15, 0.2) is 0 Å². The zero-order valence-electron chi connectivity index (χ0n) is 10.1. The van der Waals surface area contributed by atoms with Gasteiger partial charge >= 0.3 is 0 Å². The van der Waals surface area contributed by atoms with E-state index < -0.39 is 0 Å². The third kappa shape index (κ3) is 2.10. The van der Waals surface area contributed by atoms with Gasteiger partial charge in [0.2, 0.25) is 0 Å². The average molecular weight is 234 g/mol. The Hall–Kier alpha value is -1.26. The van der Waals surface area contributed by atoms with E-state index in [-0.39, 0.29) is 6.10 Å². The van der Waals surface area contributed by atoms with E-state index in [2.05, 4.69) is 18.0 Å². The van der Waals surface area contributed by atoms with Crippen molar-refractivity contribution in [2.45, 2.75) is 19.1 Å². The van der Waals surface area contributed by atoms with Crippen LogP contribution < -0.4 is 10.5 Å². The lowest BCUT2D eigenvalue weighted by Gasteiger charge is -2.31. The van der Waals surface area contributed by atoms with Crippen LogP contribution in [0.15, 0.2) is 12.1 Å². The molecule has 0 saturated carbocycles. The van der Waals surface area contributed by atoms with Crippen LogP contribution in [0.3, 0.4) is 0 Å². The van der Waals surface area contributed by atoms with E-state index in [1.54, 1.807) is 0 Å². The number of nitrogen functional groups attached to an aromatic ring is 1. The predicted octanol–water partition coefficient (Wildman–Crippen LogP) is 1.03. The molecule has 92 valence electrons. The smallest absolute Gasteiger partial charge is 0.145 e. The van der Waals surface area contributed by atoms with Gasteiger partial charge < -0.3 is 20.1 Å². The van der Waals surface area contributed by atoms with Crippen molar-refractivity contribution in [3.8, 4) is 5.75 Å². The molecule has 4 nitrogen and oxygen atoms in total. The monoisotopic (exact) mass is 234 g/mol. The van der Waals surface area contributed by atoms with Gasteiger partial charge in [0.05, 0.1) is 13.2 Å². The lowest BCUT2D eigenvalue weighted by molar-refractivity contribution is -0.0800. The molecule has 1 aromatic rings. The van der Waals surface area contributed by atoms with E-state index in [1.807, 2.05) is 6.07 Å². The van der Waals surface area contributed by atoms with Crippen molar-refractivity contribution < 1.29 is 9.47 Å². The molecule has 1 saturated heterocycles. The van der Waals surface area contributed by atoms with Crippen molar-refractivity contribution >= 4 is 5.69 Å². The van der Waals surface area contributed by atoms with E-state index in [4.69, 9.17) is 15.2 Å². The fraction of sp³-hybridized carbons (Fsp3) is 0.538. The summed E-state index contributed by atoms with van der Waals surface area (Å²) in [5, 5.41) is 0. The van der Waals surface area contributed by atoms with E-state index in [0.717, 1.165) is 30.9 Å². The molecule has 0 spiro atoms. The van der Waals surface area contributed by atoms with E-state index in [9.17, 15) is 0 Å². The second-order valence-corrected chi connectivity index (χ2v) is 4.92. The zero-order valence-corrected chi connectivity index (χ0v) is 10.1. The second-order valence-electron chi connectivity index (χ2n) is 4.92. The SMILES string of the molecule is CN1CCc2c(cc(N)cc2OC2COC2)C1. The number of nitrogens with zero attached hydrogens (tertiary/aromatic N) is 1. The molecule has 17 heavy (non-hydrogen) atoms. The van der Waals surface area contributed by atoms with Gasteiger partial charge in [-0.3, -0.25) is 0 Å². The van der Waals surface area contributed by atoms with Crippen LogP contribution in [0.1, 0.15) is 11.1 Å². The number of likely N-dealkylation sites (N-methyl/N-ethyl adjacent to an activating group) is 1. The third-order valence-corrected chi connectivity index (χ3v) is 3.41. The Balaban J connectivity index is 1.90. The topological polar surface area (TPSA) is 47.7 Å². The molecule has 2 aliphatic heterocycles. The molecule has 1 aromatic carbocycles. The maximum atomic E-state index is 5.94. The Morgan fingerprint density at radius 2 is 2.24 bits per heavy atom. The minimum atomic E-state index is 0.209. The summed E-state index contributed by atoms with van der Waals surface area (Å²) in [6.07, 6.45) is 1.25. The van der Waals surface area contributed by atoms with Gasteiger partial charge in [-0.2, -0.15) is 0 Å². The summed E-state index contributed by atoms with van der Waals surface area (Å²) in [7, 11) is 2.13. The minimum absolute atomic E-state index is 0.209. The molecule has 0 amide bonds. The quantitative estimate of drug-likeness (QED) is 0.777. The number of hydrogen-bond acceptors (Lipinski definition) is 4. The molecule has 2 heterocycles. The molecular weight excluding hydrogens is 216 g/mol. The van der Waals surface area contributed by atoms with Crippen LogP contribution >= 0.6 is 0 Å². The number of ether oxygens (including phenoxy) is 2. The highest BCUT2D eigenvalue weighted by Gasteiger charge is 2.24. The normalized spacial score (nSPS) is 20.8. The van der Waals surface area contributed by atoms with Gasteiger partial charge in [0.25, 0.3) is 0 Å². The Morgan fingerprint density at radius 3 is 2.94 bits per heavy atom. The molecule has 2 aliphatic rings. The molecule has 0 aromatic heterocycles. The van der Waals surface area contributed by atoms with E-state index in [0.29, 0.717) is 13.2 Å². The summed E-state index contributed by atoms with van der Waals surface area (Å²) >= 11 is 0. The third-order valence-electron chi connectivity index (χ3n) is 3.41. The predicted molar refractivity (Wildman–Crippen MR) is 66.1 cm³/mol. The number of fused-ring (bicyclic) bond motifs is 1. The van der Waals surface area contributed by atoms with E-state index >= 15 is 0 Å². The van der Waals surface area contributed by atoms with Crippen molar-refractivity contribution in [3.05, 3.63) is 23.3 Å². The molecule has 0 atom stereocenters. The fourth-order valence-corrected chi connectivity index (χ4v) is 2.39. The number of hydrogen-bond donors (Lipinski definition) is 1. The highest BCUT2D eigenvalue weighted by molar-refractivity contribution is 5.54. The van der Waals surface area contributed by atoms with E-state index in [1.165, 1.54) is 11.1 Å². The van der Waals surface area contributed by atoms with Crippen LogP contribution in [0.4, 0.5) is 5.69 Å². The van der Waals surface area contributed by atoms with Crippen LogP contribution in [-0.2, 0) is 17.7 Å². The van der Waals surface area contributed by atoms with Crippen molar-refractivity contribution in [2.75, 3.05) is 32.5 Å². The first-order chi connectivity index (χ1) is 8.22. The van der Waals surface area contributed by atoms with Gasteiger partial charge in [-0.05, 0) is 25.1 Å². The van der Waals surface area contributed by atoms with Gasteiger partial charge in [-0.15, -0.1) is 0 Å². The molecule has 3 rings (SSSR count). The standard InChI is InChI=1S/C13H18N2O2/c1-15-3-2-12-9(6-15)4-10(14)5-13(12)17-11-7-16-8-11/h4-5,11H,2-3,6-8,14H2,1H3. The number of nitrogens with two attached hydrogens (primary N) is 1. The van der Waals surface area contributed by atoms with Crippen molar-refractivity contribution in [2.24, 2.45) is 0 Å². The molecule has 4 heteroatoms. The van der Waals surface area contributed by atoms with Crippen LogP contribution in [0.5, 0.6) is 5.75 Å². The molecule has 0 aliphatic carbocycles. The summed E-state index contributed by atoms with van der Waals surface area (Å²) in [4.78, 5) is 2.30. The van der Waals surface area contributed by atoms with Gasteiger partial charge in [0, 0.05) is 30.4 Å². The lowest BCUT2D eigenvalue weighted by Crippen LogP contribution is -2.39. The Bertz CT molecular complexity index is 430. The van der Waals surface area contributed by atoms with Crippen LogP contribution in [0.25, 0.3) is 0 Å². The average Bonchev–Trinajstić information content (AvgIpc) is 2.22. The van der Waals surface area contributed by atoms with Gasteiger partial charge in [-0.25, -0.2) is 0 Å². The highest BCUT2D eigenvalue weighted by atomic mass is 16.6. The highest BCUT2D eigenvalue weighted by Crippen LogP contribution is 2.31. The fourth-order valence-electron chi connectivity index (χ4n) is 2.39. The zero-order chi connectivity index (χ0) is 11.8. The Labute approximate surface area is 101 Å². The molecule has 2 N–H and O–H groups in total. The Kier molecular flexibility index (Phi) is 2.68. The largest absolute Gasteiger partial charge is 0.485 e. The summed E-state index contributed by atoms with van der Waals surface area (Å²) in [5.74, 6) is 0.960. The number of rotatable bonds is 2. The van der Waals surface area contributed by atoms with Gasteiger partial charge in [-0.1, -0.05) is 0 Å². The number of anilines is 1. The first-order valence-corrected chi connectivity index (χ1v) is 6.06. The van der Waals surface area contributed by atoms with Gasteiger partial charge in [0.1, 0.15) is 11.9 Å². The lowest BCUT2D eigenvalue weighted by atomic mass is 9.98. The second kappa shape index (κ2) is 4.20. The maximum absolute atomic E-state index is 5.94. The summed E-state index contributed by atoms with van der Waals surface area (Å²) < 4.78 is 11.1. The molecule has 0 bridgehead atoms. The first-order valence-electron chi connectivity index (χ1n) is 6.06. The molecule has 1 fully saturated rings. The summed E-state index contributed by atoms with van der Waals surface area (Å²) in [5.41, 5.74) is 9.34. The van der Waals surface area contributed by atoms with Crippen molar-refractivity contribution in [3.63, 3.8) is 0 Å². The minimum Gasteiger partial charge on any atom is -0.485 e. The molecular formula is C13H18N2O2.